The molecule has 7 heteroatoms. The van der Waals surface area contributed by atoms with Crippen molar-refractivity contribution in [2.45, 2.75) is 24.9 Å². The number of aromatic nitrogens is 3. The number of nitrogens with zero attached hydrogens (tertiary/aromatic N) is 2. The summed E-state index contributed by atoms with van der Waals surface area (Å²) in [5.41, 5.74) is 1.70. The largest absolute Gasteiger partial charge is 0.460 e. The summed E-state index contributed by atoms with van der Waals surface area (Å²) in [6.45, 7) is 0. The third-order valence-electron chi connectivity index (χ3n) is 4.14. The quantitative estimate of drug-likeness (QED) is 0.636. The highest BCUT2D eigenvalue weighted by atomic mass is 127. The van der Waals surface area contributed by atoms with Gasteiger partial charge in [0, 0.05) is 16.0 Å². The Hall–Kier alpha value is -2.16. The van der Waals surface area contributed by atoms with E-state index in [1.807, 2.05) is 0 Å². The molecule has 6 nitrogen and oxygen atoms in total. The van der Waals surface area contributed by atoms with E-state index in [-0.39, 0.29) is 11.7 Å². The fourth-order valence-electron chi connectivity index (χ4n) is 2.75. The second-order valence-corrected chi connectivity index (χ2v) is 7.04. The zero-order chi connectivity index (χ0) is 16.5. The molecule has 0 amide bonds. The number of ether oxygens (including phenoxy) is 1. The normalized spacial score (nSPS) is 19.7. The number of halogens is 1. The van der Waals surface area contributed by atoms with Crippen LogP contribution < -0.4 is 10.3 Å². The second-order valence-electron chi connectivity index (χ2n) is 5.79. The molecule has 0 spiro atoms. The molecular weight excluding hydrogens is 421 g/mol. The number of nitrogens with one attached hydrogen (secondary N) is 1. The molecule has 3 aromatic rings. The van der Waals surface area contributed by atoms with E-state index in [1.54, 1.807) is 12.4 Å². The molecule has 1 N–H and O–H groups in total. The van der Waals surface area contributed by atoms with Gasteiger partial charge in [-0.15, -0.1) is 0 Å². The Balaban J connectivity index is 1.35. The number of hydrogen-bond donors (Lipinski definition) is 1. The van der Waals surface area contributed by atoms with Crippen LogP contribution in [-0.4, -0.2) is 21.2 Å². The maximum atomic E-state index is 11.1. The predicted molar refractivity (Wildman–Crippen MR) is 95.9 cm³/mol. The Morgan fingerprint density at radius 3 is 2.50 bits per heavy atom. The topological polar surface area (TPSA) is 81.0 Å². The summed E-state index contributed by atoms with van der Waals surface area (Å²) in [5, 5.41) is 2.24. The Morgan fingerprint density at radius 1 is 1.17 bits per heavy atom. The zero-order valence-electron chi connectivity index (χ0n) is 12.6. The molecule has 4 rings (SSSR count). The minimum Gasteiger partial charge on any atom is -0.460 e. The Labute approximate surface area is 151 Å². The van der Waals surface area contributed by atoms with Gasteiger partial charge in [0.2, 0.25) is 0 Å². The summed E-state index contributed by atoms with van der Waals surface area (Å²) >= 11 is 2.31. The fraction of sp³-hybridized carbons (Fsp3) is 0.235. The van der Waals surface area contributed by atoms with E-state index in [0.717, 1.165) is 12.8 Å². The third kappa shape index (κ3) is 3.21. The van der Waals surface area contributed by atoms with Crippen LogP contribution in [0.15, 0.2) is 52.0 Å². The summed E-state index contributed by atoms with van der Waals surface area (Å²) in [6.07, 6.45) is 5.26. The molecule has 24 heavy (non-hydrogen) atoms. The van der Waals surface area contributed by atoms with Gasteiger partial charge < -0.3 is 9.26 Å². The van der Waals surface area contributed by atoms with Gasteiger partial charge in [0.1, 0.15) is 6.10 Å². The molecule has 0 bridgehead atoms. The molecule has 0 radical (unpaired) electrons. The molecule has 1 fully saturated rings. The van der Waals surface area contributed by atoms with Gasteiger partial charge in [-0.3, -0.25) is 4.79 Å². The summed E-state index contributed by atoms with van der Waals surface area (Å²) < 4.78 is 12.1. The summed E-state index contributed by atoms with van der Waals surface area (Å²) in [5.74, 6) is 0.953. The van der Waals surface area contributed by atoms with Crippen LogP contribution in [0.1, 0.15) is 24.3 Å². The smallest absolute Gasteiger partial charge is 0.316 e. The first-order chi connectivity index (χ1) is 11.7. The van der Waals surface area contributed by atoms with Gasteiger partial charge in [-0.2, -0.15) is 5.16 Å². The highest BCUT2D eigenvalue weighted by Crippen LogP contribution is 2.38. The van der Waals surface area contributed by atoms with Gasteiger partial charge in [-0.25, -0.2) is 9.97 Å². The maximum absolute atomic E-state index is 11.1. The molecular formula is C17H14IN3O3. The molecule has 1 aromatic carbocycles. The minimum absolute atomic E-state index is 0.144. The van der Waals surface area contributed by atoms with Crippen molar-refractivity contribution in [3.05, 3.63) is 62.2 Å². The van der Waals surface area contributed by atoms with Crippen LogP contribution in [-0.2, 0) is 0 Å². The fourth-order valence-corrected chi connectivity index (χ4v) is 3.11. The molecule has 0 unspecified atom stereocenters. The maximum Gasteiger partial charge on any atom is 0.316 e. The van der Waals surface area contributed by atoms with E-state index >= 15 is 0 Å². The first-order valence-electron chi connectivity index (χ1n) is 7.60. The molecule has 0 saturated heterocycles. The van der Waals surface area contributed by atoms with Gasteiger partial charge in [-0.05, 0) is 59.0 Å². The highest BCUT2D eigenvalue weighted by molar-refractivity contribution is 14.1. The summed E-state index contributed by atoms with van der Waals surface area (Å²) in [6, 6.07) is 10.3. The van der Waals surface area contributed by atoms with Crippen molar-refractivity contribution < 1.29 is 9.26 Å². The molecule has 122 valence electrons. The first-order valence-corrected chi connectivity index (χ1v) is 8.68. The van der Waals surface area contributed by atoms with Crippen molar-refractivity contribution >= 4 is 22.6 Å². The lowest BCUT2D eigenvalue weighted by molar-refractivity contribution is 0.0882. The van der Waals surface area contributed by atoms with Crippen LogP contribution in [0, 0.1) is 3.57 Å². The molecule has 1 aliphatic carbocycles. The molecule has 2 heterocycles. The number of benzene rings is 1. The molecule has 1 aliphatic rings. The third-order valence-corrected chi connectivity index (χ3v) is 4.86. The van der Waals surface area contributed by atoms with E-state index in [1.165, 1.54) is 15.2 Å². The number of H-pyrrole nitrogens is 1. The number of aromatic amines is 1. The van der Waals surface area contributed by atoms with Gasteiger partial charge in [0.25, 0.3) is 5.56 Å². The van der Waals surface area contributed by atoms with Crippen LogP contribution >= 0.6 is 22.6 Å². The van der Waals surface area contributed by atoms with Crippen LogP contribution in [0.2, 0.25) is 0 Å². The van der Waals surface area contributed by atoms with E-state index < -0.39 is 0 Å². The van der Waals surface area contributed by atoms with E-state index in [2.05, 4.69) is 62.0 Å². The molecule has 0 atom stereocenters. The van der Waals surface area contributed by atoms with Crippen molar-refractivity contribution in [2.75, 3.05) is 0 Å². The predicted octanol–water partition coefficient (Wildman–Crippen LogP) is 3.35. The average Bonchev–Trinajstić information content (AvgIpc) is 2.99. The standard InChI is InChI=1S/C17H14IN3O3/c18-13-3-1-10(2-4-13)11-5-14(6-11)23-17-19-8-12(9-20-17)15-7-16(22)21-24-15/h1-4,7-9,11,14H,5-6H2,(H,21,22). The van der Waals surface area contributed by atoms with E-state index in [4.69, 9.17) is 9.26 Å². The van der Waals surface area contributed by atoms with Crippen molar-refractivity contribution in [3.8, 4) is 17.3 Å². The van der Waals surface area contributed by atoms with Crippen LogP contribution in [0.3, 0.4) is 0 Å². The van der Waals surface area contributed by atoms with Crippen molar-refractivity contribution in [1.82, 2.24) is 15.1 Å². The Kier molecular flexibility index (Phi) is 4.09. The van der Waals surface area contributed by atoms with Crippen LogP contribution in [0.4, 0.5) is 0 Å². The Bertz CT molecular complexity index is 880. The van der Waals surface area contributed by atoms with Gasteiger partial charge in [0.05, 0.1) is 11.6 Å². The summed E-state index contributed by atoms with van der Waals surface area (Å²) in [4.78, 5) is 19.4. The lowest BCUT2D eigenvalue weighted by Gasteiger charge is -2.34. The van der Waals surface area contributed by atoms with Gasteiger partial charge in [0.15, 0.2) is 5.76 Å². The lowest BCUT2D eigenvalue weighted by atomic mass is 9.77. The second kappa shape index (κ2) is 6.39. The number of rotatable bonds is 4. The van der Waals surface area contributed by atoms with Crippen molar-refractivity contribution in [2.24, 2.45) is 0 Å². The highest BCUT2D eigenvalue weighted by Gasteiger charge is 2.32. The summed E-state index contributed by atoms with van der Waals surface area (Å²) in [7, 11) is 0. The lowest BCUT2D eigenvalue weighted by Crippen LogP contribution is -2.32. The molecule has 1 saturated carbocycles. The van der Waals surface area contributed by atoms with Crippen molar-refractivity contribution in [1.29, 1.82) is 0 Å². The first kappa shape index (κ1) is 15.4. The van der Waals surface area contributed by atoms with E-state index in [9.17, 15) is 4.79 Å². The number of hydrogen-bond acceptors (Lipinski definition) is 5. The van der Waals surface area contributed by atoms with Crippen LogP contribution in [0.5, 0.6) is 6.01 Å². The van der Waals surface area contributed by atoms with E-state index in [0.29, 0.717) is 23.3 Å². The minimum atomic E-state index is -0.290. The SMILES string of the molecule is O=c1cc(-c2cnc(OC3CC(c4ccc(I)cc4)C3)nc2)o[nH]1. The van der Waals surface area contributed by atoms with Gasteiger partial charge in [-0.1, -0.05) is 12.1 Å². The monoisotopic (exact) mass is 435 g/mol. The average molecular weight is 435 g/mol. The van der Waals surface area contributed by atoms with Crippen molar-refractivity contribution in [3.63, 3.8) is 0 Å². The van der Waals surface area contributed by atoms with Gasteiger partial charge >= 0.3 is 6.01 Å². The Morgan fingerprint density at radius 2 is 1.88 bits per heavy atom. The van der Waals surface area contributed by atoms with Crippen LogP contribution in [0.25, 0.3) is 11.3 Å². The molecule has 2 aromatic heterocycles. The zero-order valence-corrected chi connectivity index (χ0v) is 14.8. The molecule has 0 aliphatic heterocycles.